The molecular weight excluding hydrogens is 379 g/mol. The molecule has 0 saturated heterocycles. The lowest BCUT2D eigenvalue weighted by atomic mass is 10.1. The van der Waals surface area contributed by atoms with Gasteiger partial charge in [0.1, 0.15) is 11.6 Å². The molecule has 2 N–H and O–H groups in total. The van der Waals surface area contributed by atoms with Crippen LogP contribution in [0.25, 0.3) is 0 Å². The smallest absolute Gasteiger partial charge is 0.240 e. The van der Waals surface area contributed by atoms with E-state index in [0.717, 1.165) is 30.4 Å². The first kappa shape index (κ1) is 18.8. The summed E-state index contributed by atoms with van der Waals surface area (Å²) < 4.78 is 40.9. The highest BCUT2D eigenvalue weighted by atomic mass is 32.2. The summed E-state index contributed by atoms with van der Waals surface area (Å²) in [7, 11) is -3.56. The van der Waals surface area contributed by atoms with Gasteiger partial charge in [0.05, 0.1) is 4.90 Å². The van der Waals surface area contributed by atoms with Crippen LogP contribution in [0.2, 0.25) is 0 Å². The minimum atomic E-state index is -3.56. The van der Waals surface area contributed by atoms with Crippen LogP contribution in [0, 0.1) is 5.82 Å². The average Bonchev–Trinajstić information content (AvgIpc) is 3.30. The Balaban J connectivity index is 1.34. The molecule has 0 saturated carbocycles. The quantitative estimate of drug-likeness (QED) is 0.638. The van der Waals surface area contributed by atoms with E-state index in [1.807, 2.05) is 12.1 Å². The summed E-state index contributed by atoms with van der Waals surface area (Å²) in [6.45, 7) is 0.205. The Bertz CT molecular complexity index is 1100. The fourth-order valence-corrected chi connectivity index (χ4v) is 4.54. The highest BCUT2D eigenvalue weighted by molar-refractivity contribution is 7.89. The van der Waals surface area contributed by atoms with Crippen molar-refractivity contribution in [1.82, 2.24) is 19.9 Å². The normalized spacial score (nSPS) is 13.6. The first-order valence-corrected chi connectivity index (χ1v) is 10.7. The first-order valence-electron chi connectivity index (χ1n) is 9.26. The second-order valence-corrected chi connectivity index (χ2v) is 8.70. The summed E-state index contributed by atoms with van der Waals surface area (Å²) in [6.07, 6.45) is 3.83. The van der Waals surface area contributed by atoms with Gasteiger partial charge >= 0.3 is 0 Å². The number of sulfonamides is 1. The molecule has 1 aromatic heterocycles. The molecule has 0 atom stereocenters. The van der Waals surface area contributed by atoms with E-state index in [9.17, 15) is 12.8 Å². The number of halogens is 1. The number of aryl methyl sites for hydroxylation is 2. The van der Waals surface area contributed by atoms with E-state index in [-0.39, 0.29) is 12.4 Å². The maximum Gasteiger partial charge on any atom is 0.240 e. The molecule has 4 rings (SSSR count). The molecule has 0 fully saturated rings. The molecule has 1 heterocycles. The summed E-state index contributed by atoms with van der Waals surface area (Å²) in [5.74, 6) is 0.836. The van der Waals surface area contributed by atoms with Gasteiger partial charge < -0.3 is 0 Å². The van der Waals surface area contributed by atoms with E-state index in [2.05, 4.69) is 19.9 Å². The lowest BCUT2D eigenvalue weighted by molar-refractivity contribution is 0.580. The number of nitrogens with one attached hydrogen (secondary N) is 2. The van der Waals surface area contributed by atoms with Gasteiger partial charge in [-0.3, -0.25) is 5.10 Å². The van der Waals surface area contributed by atoms with Gasteiger partial charge in [-0.1, -0.05) is 18.2 Å². The van der Waals surface area contributed by atoms with Gasteiger partial charge in [-0.15, -0.1) is 0 Å². The van der Waals surface area contributed by atoms with E-state index in [1.54, 1.807) is 18.2 Å². The van der Waals surface area contributed by atoms with Crippen LogP contribution >= 0.6 is 0 Å². The maximum absolute atomic E-state index is 13.3. The van der Waals surface area contributed by atoms with Gasteiger partial charge in [-0.05, 0) is 60.2 Å². The Kier molecular flexibility index (Phi) is 5.23. The predicted molar refractivity (Wildman–Crippen MR) is 103 cm³/mol. The molecule has 1 aliphatic rings. The lowest BCUT2D eigenvalue weighted by Crippen LogP contribution is -2.26. The van der Waals surface area contributed by atoms with Crippen molar-refractivity contribution < 1.29 is 12.8 Å². The third-order valence-electron chi connectivity index (χ3n) is 4.86. The Morgan fingerprint density at radius 2 is 1.96 bits per heavy atom. The number of nitrogens with zero attached hydrogens (tertiary/aromatic N) is 2. The molecule has 1 aliphatic carbocycles. The maximum atomic E-state index is 13.3. The van der Waals surface area contributed by atoms with Gasteiger partial charge in [-0.25, -0.2) is 22.5 Å². The van der Waals surface area contributed by atoms with Crippen molar-refractivity contribution in [2.24, 2.45) is 0 Å². The highest BCUT2D eigenvalue weighted by Gasteiger charge is 2.18. The predicted octanol–water partition coefficient (Wildman–Crippen LogP) is 2.54. The Morgan fingerprint density at radius 1 is 1.11 bits per heavy atom. The number of hydrogen-bond acceptors (Lipinski definition) is 4. The zero-order chi connectivity index (χ0) is 19.6. The molecule has 0 unspecified atom stereocenters. The van der Waals surface area contributed by atoms with Crippen LogP contribution in [0.4, 0.5) is 4.39 Å². The SMILES string of the molecule is O=S(=O)(NCCc1n[nH]c(Cc2cccc(F)c2)n1)c1ccc2c(c1)CCC2. The van der Waals surface area contributed by atoms with Crippen LogP contribution in [0.5, 0.6) is 0 Å². The van der Waals surface area contributed by atoms with Crippen molar-refractivity contribution in [3.63, 3.8) is 0 Å². The number of rotatable bonds is 7. The van der Waals surface area contributed by atoms with E-state index in [4.69, 9.17) is 0 Å². The third kappa shape index (κ3) is 4.28. The highest BCUT2D eigenvalue weighted by Crippen LogP contribution is 2.24. The van der Waals surface area contributed by atoms with E-state index in [0.29, 0.717) is 29.4 Å². The van der Waals surface area contributed by atoms with Crippen molar-refractivity contribution >= 4 is 10.0 Å². The molecule has 0 amide bonds. The molecule has 8 heteroatoms. The summed E-state index contributed by atoms with van der Waals surface area (Å²) in [5.41, 5.74) is 3.16. The molecular formula is C20H21FN4O2S. The van der Waals surface area contributed by atoms with Crippen LogP contribution in [-0.2, 0) is 35.7 Å². The van der Waals surface area contributed by atoms with Crippen LogP contribution in [0.15, 0.2) is 47.4 Å². The topological polar surface area (TPSA) is 87.7 Å². The van der Waals surface area contributed by atoms with E-state index >= 15 is 0 Å². The average molecular weight is 400 g/mol. The number of fused-ring (bicyclic) bond motifs is 1. The molecule has 0 bridgehead atoms. The van der Waals surface area contributed by atoms with Gasteiger partial charge in [0.2, 0.25) is 10.0 Å². The van der Waals surface area contributed by atoms with Crippen LogP contribution in [0.3, 0.4) is 0 Å². The summed E-state index contributed by atoms with van der Waals surface area (Å²) in [6, 6.07) is 11.6. The number of aromatic nitrogens is 3. The Morgan fingerprint density at radius 3 is 2.82 bits per heavy atom. The molecule has 0 radical (unpaired) electrons. The molecule has 2 aromatic carbocycles. The fraction of sp³-hybridized carbons (Fsp3) is 0.300. The number of H-pyrrole nitrogens is 1. The molecule has 3 aromatic rings. The van der Waals surface area contributed by atoms with Crippen LogP contribution in [0.1, 0.15) is 34.8 Å². The minimum absolute atomic E-state index is 0.205. The first-order chi connectivity index (χ1) is 13.5. The van der Waals surface area contributed by atoms with Gasteiger partial charge in [0.25, 0.3) is 0 Å². The van der Waals surface area contributed by atoms with Crippen molar-refractivity contribution in [2.75, 3.05) is 6.54 Å². The van der Waals surface area contributed by atoms with Crippen molar-refractivity contribution in [3.05, 3.63) is 76.6 Å². The third-order valence-corrected chi connectivity index (χ3v) is 6.32. The van der Waals surface area contributed by atoms with Crippen LogP contribution < -0.4 is 4.72 Å². The standard InChI is InChI=1S/C20H21FN4O2S/c21-17-6-1-3-14(11-17)12-20-23-19(24-25-20)9-10-22-28(26,27)18-8-7-15-4-2-5-16(15)13-18/h1,3,6-8,11,13,22H,2,4-5,9-10,12H2,(H,23,24,25). The molecule has 0 aliphatic heterocycles. The van der Waals surface area contributed by atoms with Gasteiger partial charge in [-0.2, -0.15) is 5.10 Å². The number of hydrogen-bond donors (Lipinski definition) is 2. The lowest BCUT2D eigenvalue weighted by Gasteiger charge is -2.07. The largest absolute Gasteiger partial charge is 0.263 e. The Labute approximate surface area is 163 Å². The molecule has 146 valence electrons. The summed E-state index contributed by atoms with van der Waals surface area (Å²) >= 11 is 0. The Hall–Kier alpha value is -2.58. The van der Waals surface area contributed by atoms with E-state index in [1.165, 1.54) is 17.7 Å². The zero-order valence-corrected chi connectivity index (χ0v) is 16.1. The summed E-state index contributed by atoms with van der Waals surface area (Å²) in [5, 5.41) is 6.93. The fourth-order valence-electron chi connectivity index (χ4n) is 3.46. The number of aromatic amines is 1. The minimum Gasteiger partial charge on any atom is -0.263 e. The van der Waals surface area contributed by atoms with Crippen molar-refractivity contribution in [3.8, 4) is 0 Å². The second kappa shape index (κ2) is 7.81. The summed E-state index contributed by atoms with van der Waals surface area (Å²) in [4.78, 5) is 4.65. The second-order valence-electron chi connectivity index (χ2n) is 6.94. The molecule has 6 nitrogen and oxygen atoms in total. The zero-order valence-electron chi connectivity index (χ0n) is 15.3. The molecule has 0 spiro atoms. The monoisotopic (exact) mass is 400 g/mol. The van der Waals surface area contributed by atoms with Gasteiger partial charge in [0, 0.05) is 19.4 Å². The molecule has 28 heavy (non-hydrogen) atoms. The van der Waals surface area contributed by atoms with Crippen molar-refractivity contribution in [2.45, 2.75) is 37.0 Å². The van der Waals surface area contributed by atoms with Crippen molar-refractivity contribution in [1.29, 1.82) is 0 Å². The van der Waals surface area contributed by atoms with Gasteiger partial charge in [0.15, 0.2) is 5.82 Å². The van der Waals surface area contributed by atoms with Crippen LogP contribution in [-0.4, -0.2) is 30.1 Å². The van der Waals surface area contributed by atoms with E-state index < -0.39 is 10.0 Å². The number of benzene rings is 2.